The molecule has 4 aromatic heterocycles. The van der Waals surface area contributed by atoms with Crippen LogP contribution < -0.4 is 0 Å². The molecule has 4 heterocycles. The lowest BCUT2D eigenvalue weighted by molar-refractivity contribution is 1.07. The third kappa shape index (κ3) is 5.66. The molecule has 0 bridgehead atoms. The summed E-state index contributed by atoms with van der Waals surface area (Å²) >= 11 is 1.80. The zero-order valence-electron chi connectivity index (χ0n) is 33.9. The zero-order chi connectivity index (χ0) is 41.4. The van der Waals surface area contributed by atoms with Gasteiger partial charge in [0, 0.05) is 64.1 Å². The number of hydrogen-bond donors (Lipinski definition) is 0. The maximum atomic E-state index is 5.39. The van der Waals surface area contributed by atoms with Gasteiger partial charge in [-0.1, -0.05) is 164 Å². The molecule has 13 rings (SSSR count). The van der Waals surface area contributed by atoms with Gasteiger partial charge in [0.05, 0.1) is 27.8 Å². The molecule has 0 fully saturated rings. The molecule has 0 aliphatic carbocycles. The molecule has 5 nitrogen and oxygen atoms in total. The van der Waals surface area contributed by atoms with Gasteiger partial charge in [-0.15, -0.1) is 11.3 Å². The van der Waals surface area contributed by atoms with E-state index in [0.29, 0.717) is 17.5 Å². The van der Waals surface area contributed by atoms with Gasteiger partial charge in [0.1, 0.15) is 0 Å². The number of hydrogen-bond acceptors (Lipinski definition) is 4. The van der Waals surface area contributed by atoms with Gasteiger partial charge < -0.3 is 9.13 Å². The predicted octanol–water partition coefficient (Wildman–Crippen LogP) is 15.1. The van der Waals surface area contributed by atoms with Gasteiger partial charge in [-0.2, -0.15) is 0 Å². The van der Waals surface area contributed by atoms with Crippen LogP contribution in [0.5, 0.6) is 0 Å². The first-order valence-corrected chi connectivity index (χ1v) is 22.0. The van der Waals surface area contributed by atoms with E-state index in [1.165, 1.54) is 52.8 Å². The predicted molar refractivity (Wildman–Crippen MR) is 263 cm³/mol. The van der Waals surface area contributed by atoms with Crippen LogP contribution in [0.4, 0.5) is 0 Å². The molecule has 0 atom stereocenters. The molecular weight excluding hydrogens is 787 g/mol. The lowest BCUT2D eigenvalue weighted by Crippen LogP contribution is -2.03. The molecule has 0 unspecified atom stereocenters. The Labute approximate surface area is 366 Å². The first-order chi connectivity index (χ1) is 31.2. The Kier molecular flexibility index (Phi) is 8.01. The number of nitrogens with zero attached hydrogens (tertiary/aromatic N) is 5. The van der Waals surface area contributed by atoms with Crippen molar-refractivity contribution in [1.82, 2.24) is 24.1 Å². The molecule has 0 radical (unpaired) electrons. The fraction of sp³-hybridized carbons (Fsp3) is 0. The Morgan fingerprint density at radius 1 is 0.317 bits per heavy atom. The number of benzene rings is 9. The number of aromatic nitrogens is 5. The SMILES string of the molecule is c1ccc(-c2nc(-c3ccc4c(c3)sc3ccccc34)nc(-c3cc(-n4c5ccccc5c5cccc(-n6c7ccccc7c7ccccc76)c54)ccc3-c3ccccc3)n2)cc1. The second-order valence-electron chi connectivity index (χ2n) is 16.0. The second-order valence-corrected chi connectivity index (χ2v) is 17.1. The standard InChI is InChI=1S/C57H35N5S/c1-3-16-36(17-4-1)40-33-31-39(61-48-25-11-9-22-43(48)46-24-15-28-51(54(46)61)62-49-26-12-7-20-41(49)42-21-8-13-27-50(42)62)35-47(40)57-59-55(37-18-5-2-6-19-37)58-56(60-57)38-30-32-45-44-23-10-14-29-52(44)63-53(45)34-38/h1-35H. The molecule has 63 heavy (non-hydrogen) atoms. The summed E-state index contributed by atoms with van der Waals surface area (Å²) < 4.78 is 7.33. The highest BCUT2D eigenvalue weighted by atomic mass is 32.1. The molecular formula is C57H35N5S. The fourth-order valence-corrected chi connectivity index (χ4v) is 10.7. The molecule has 294 valence electrons. The van der Waals surface area contributed by atoms with E-state index in [0.717, 1.165) is 50.2 Å². The molecule has 0 aliphatic heterocycles. The van der Waals surface area contributed by atoms with Crippen molar-refractivity contribution in [2.24, 2.45) is 0 Å². The molecule has 6 heteroatoms. The lowest BCUT2D eigenvalue weighted by Gasteiger charge is -2.17. The van der Waals surface area contributed by atoms with Crippen LogP contribution >= 0.6 is 11.3 Å². The van der Waals surface area contributed by atoms with Crippen LogP contribution in [0.25, 0.3) is 120 Å². The number of rotatable bonds is 6. The smallest absolute Gasteiger partial charge is 0.164 e. The van der Waals surface area contributed by atoms with Crippen LogP contribution in [-0.4, -0.2) is 24.1 Å². The summed E-state index contributed by atoms with van der Waals surface area (Å²) in [5.74, 6) is 1.87. The topological polar surface area (TPSA) is 48.5 Å². The van der Waals surface area contributed by atoms with Crippen molar-refractivity contribution in [2.45, 2.75) is 0 Å². The van der Waals surface area contributed by atoms with Gasteiger partial charge in [-0.05, 0) is 59.7 Å². The van der Waals surface area contributed by atoms with Gasteiger partial charge in [0.15, 0.2) is 17.5 Å². The molecule has 0 spiro atoms. The van der Waals surface area contributed by atoms with E-state index in [-0.39, 0.29) is 0 Å². The Hall–Kier alpha value is -8.19. The van der Waals surface area contributed by atoms with Crippen LogP contribution in [0.2, 0.25) is 0 Å². The summed E-state index contributed by atoms with van der Waals surface area (Å²) in [7, 11) is 0. The zero-order valence-corrected chi connectivity index (χ0v) is 34.7. The van der Waals surface area contributed by atoms with Gasteiger partial charge >= 0.3 is 0 Å². The van der Waals surface area contributed by atoms with Crippen molar-refractivity contribution in [3.63, 3.8) is 0 Å². The average Bonchev–Trinajstić information content (AvgIpc) is 4.02. The van der Waals surface area contributed by atoms with Crippen LogP contribution in [0, 0.1) is 0 Å². The molecule has 0 N–H and O–H groups in total. The monoisotopic (exact) mass is 821 g/mol. The highest BCUT2D eigenvalue weighted by molar-refractivity contribution is 7.25. The molecule has 0 saturated carbocycles. The number of thiophene rings is 1. The summed E-state index contributed by atoms with van der Waals surface area (Å²) in [4.78, 5) is 15.9. The maximum absolute atomic E-state index is 5.39. The minimum atomic E-state index is 0.611. The third-order valence-electron chi connectivity index (χ3n) is 12.4. The maximum Gasteiger partial charge on any atom is 0.164 e. The minimum absolute atomic E-state index is 0.611. The van der Waals surface area contributed by atoms with Gasteiger partial charge in [0.2, 0.25) is 0 Å². The Morgan fingerprint density at radius 3 is 1.57 bits per heavy atom. The first-order valence-electron chi connectivity index (χ1n) is 21.2. The number of fused-ring (bicyclic) bond motifs is 9. The summed E-state index contributed by atoms with van der Waals surface area (Å²) in [6, 6.07) is 75.6. The van der Waals surface area contributed by atoms with E-state index in [1.54, 1.807) is 11.3 Å². The van der Waals surface area contributed by atoms with Crippen LogP contribution in [0.15, 0.2) is 212 Å². The fourth-order valence-electron chi connectivity index (χ4n) is 9.56. The molecule has 0 aliphatic rings. The second kappa shape index (κ2) is 14.2. The summed E-state index contributed by atoms with van der Waals surface area (Å²) in [5.41, 5.74) is 11.6. The minimum Gasteiger partial charge on any atom is -0.307 e. The van der Waals surface area contributed by atoms with E-state index >= 15 is 0 Å². The highest BCUT2D eigenvalue weighted by Gasteiger charge is 2.22. The summed E-state index contributed by atoms with van der Waals surface area (Å²) in [6.45, 7) is 0. The van der Waals surface area contributed by atoms with E-state index in [1.807, 2.05) is 18.2 Å². The van der Waals surface area contributed by atoms with Crippen molar-refractivity contribution in [3.05, 3.63) is 212 Å². The van der Waals surface area contributed by atoms with E-state index in [2.05, 4.69) is 203 Å². The van der Waals surface area contributed by atoms with Crippen molar-refractivity contribution in [1.29, 1.82) is 0 Å². The lowest BCUT2D eigenvalue weighted by atomic mass is 9.98. The molecule has 0 amide bonds. The van der Waals surface area contributed by atoms with Crippen LogP contribution in [0.1, 0.15) is 0 Å². The normalized spacial score (nSPS) is 11.8. The van der Waals surface area contributed by atoms with Crippen molar-refractivity contribution in [3.8, 4) is 56.7 Å². The average molecular weight is 822 g/mol. The van der Waals surface area contributed by atoms with Crippen LogP contribution in [-0.2, 0) is 0 Å². The van der Waals surface area contributed by atoms with Crippen molar-refractivity contribution in [2.75, 3.05) is 0 Å². The Morgan fingerprint density at radius 2 is 0.857 bits per heavy atom. The summed E-state index contributed by atoms with van der Waals surface area (Å²) in [5, 5.41) is 7.34. The van der Waals surface area contributed by atoms with E-state index in [9.17, 15) is 0 Å². The van der Waals surface area contributed by atoms with Gasteiger partial charge in [-0.3, -0.25) is 0 Å². The van der Waals surface area contributed by atoms with Crippen molar-refractivity contribution < 1.29 is 0 Å². The first kappa shape index (κ1) is 35.6. The third-order valence-corrected chi connectivity index (χ3v) is 13.5. The molecule has 9 aromatic carbocycles. The molecule has 13 aromatic rings. The van der Waals surface area contributed by atoms with Crippen molar-refractivity contribution >= 4 is 75.1 Å². The van der Waals surface area contributed by atoms with E-state index in [4.69, 9.17) is 15.0 Å². The molecule has 0 saturated heterocycles. The Balaban J connectivity index is 1.09. The summed E-state index contributed by atoms with van der Waals surface area (Å²) in [6.07, 6.45) is 0. The van der Waals surface area contributed by atoms with Crippen LogP contribution in [0.3, 0.4) is 0 Å². The highest BCUT2D eigenvalue weighted by Crippen LogP contribution is 2.42. The largest absolute Gasteiger partial charge is 0.307 e. The quantitative estimate of drug-likeness (QED) is 0.168. The Bertz CT molecular complexity index is 3860. The number of para-hydroxylation sites is 4. The van der Waals surface area contributed by atoms with Gasteiger partial charge in [0.25, 0.3) is 0 Å². The van der Waals surface area contributed by atoms with Gasteiger partial charge in [-0.25, -0.2) is 15.0 Å². The van der Waals surface area contributed by atoms with E-state index < -0.39 is 0 Å².